The zero-order chi connectivity index (χ0) is 18.7. The van der Waals surface area contributed by atoms with Crippen molar-refractivity contribution < 1.29 is 4.79 Å². The van der Waals surface area contributed by atoms with Gasteiger partial charge >= 0.3 is 0 Å². The molecular formula is C21H24Cl2N2O. The summed E-state index contributed by atoms with van der Waals surface area (Å²) in [6.07, 6.45) is 4.41. The third-order valence-corrected chi connectivity index (χ3v) is 6.32. The van der Waals surface area contributed by atoms with Crippen LogP contribution in [0.5, 0.6) is 0 Å². The third kappa shape index (κ3) is 3.62. The number of carbonyl (C=O) groups is 1. The van der Waals surface area contributed by atoms with Crippen LogP contribution in [0.25, 0.3) is 0 Å². The second-order valence-electron chi connectivity index (χ2n) is 7.12. The Bertz CT molecular complexity index is 771. The van der Waals surface area contributed by atoms with E-state index in [-0.39, 0.29) is 17.5 Å². The van der Waals surface area contributed by atoms with Crippen molar-refractivity contribution >= 4 is 29.1 Å². The van der Waals surface area contributed by atoms with Gasteiger partial charge in [0.25, 0.3) is 5.91 Å². The van der Waals surface area contributed by atoms with Crippen molar-refractivity contribution in [2.45, 2.75) is 37.3 Å². The largest absolute Gasteiger partial charge is 0.343 e. The van der Waals surface area contributed by atoms with Gasteiger partial charge in [-0.15, -0.1) is 0 Å². The fourth-order valence-corrected chi connectivity index (χ4v) is 4.43. The van der Waals surface area contributed by atoms with Gasteiger partial charge in [-0.2, -0.15) is 0 Å². The fraction of sp³-hybridized carbons (Fsp3) is 0.381. The Morgan fingerprint density at radius 3 is 2.31 bits per heavy atom. The van der Waals surface area contributed by atoms with E-state index in [0.717, 1.165) is 31.2 Å². The summed E-state index contributed by atoms with van der Waals surface area (Å²) in [6.45, 7) is 0. The molecule has 0 bridgehead atoms. The molecule has 1 aliphatic rings. The van der Waals surface area contributed by atoms with Crippen LogP contribution in [0, 0.1) is 0 Å². The van der Waals surface area contributed by atoms with E-state index in [4.69, 9.17) is 23.2 Å². The summed E-state index contributed by atoms with van der Waals surface area (Å²) in [5.74, 6) is -0.195. The molecule has 1 atom stereocenters. The van der Waals surface area contributed by atoms with Crippen LogP contribution >= 0.6 is 23.2 Å². The summed E-state index contributed by atoms with van der Waals surface area (Å²) in [6, 6.07) is 15.2. The van der Waals surface area contributed by atoms with Crippen LogP contribution in [0.1, 0.15) is 47.6 Å². The smallest absolute Gasteiger partial charge is 0.253 e. The molecule has 3 nitrogen and oxygen atoms in total. The second-order valence-corrected chi connectivity index (χ2v) is 7.91. The van der Waals surface area contributed by atoms with Crippen LogP contribution in [-0.2, 0) is 0 Å². The van der Waals surface area contributed by atoms with Gasteiger partial charge in [0, 0.05) is 5.54 Å². The molecule has 2 aromatic rings. The SMILES string of the molecule is CN(C)C1(C(NC(=O)c2cccc(Cl)c2Cl)c2ccccc2)CCCC1. The molecule has 0 saturated heterocycles. The minimum Gasteiger partial charge on any atom is -0.343 e. The number of nitrogens with one attached hydrogen (secondary N) is 1. The minimum atomic E-state index is -0.195. The molecule has 0 aliphatic heterocycles. The van der Waals surface area contributed by atoms with Gasteiger partial charge in [-0.05, 0) is 44.6 Å². The van der Waals surface area contributed by atoms with Crippen molar-refractivity contribution in [3.8, 4) is 0 Å². The van der Waals surface area contributed by atoms with E-state index in [1.165, 1.54) is 0 Å². The molecule has 2 aromatic carbocycles. The molecule has 1 saturated carbocycles. The van der Waals surface area contributed by atoms with Crippen LogP contribution in [-0.4, -0.2) is 30.4 Å². The number of halogens is 2. The van der Waals surface area contributed by atoms with Gasteiger partial charge in [0.05, 0.1) is 21.7 Å². The van der Waals surface area contributed by atoms with E-state index in [1.807, 2.05) is 18.2 Å². The highest BCUT2D eigenvalue weighted by atomic mass is 35.5. The van der Waals surface area contributed by atoms with Gasteiger partial charge < -0.3 is 10.2 Å². The lowest BCUT2D eigenvalue weighted by atomic mass is 9.82. The average molecular weight is 391 g/mol. The van der Waals surface area contributed by atoms with Crippen LogP contribution in [0.2, 0.25) is 10.0 Å². The fourth-order valence-electron chi connectivity index (χ4n) is 4.04. The first-order valence-electron chi connectivity index (χ1n) is 8.93. The van der Waals surface area contributed by atoms with Crippen LogP contribution < -0.4 is 5.32 Å². The lowest BCUT2D eigenvalue weighted by Gasteiger charge is -2.44. The molecule has 1 unspecified atom stereocenters. The number of rotatable bonds is 5. The molecule has 3 rings (SSSR count). The average Bonchev–Trinajstić information content (AvgIpc) is 3.13. The summed E-state index contributed by atoms with van der Waals surface area (Å²) >= 11 is 12.4. The van der Waals surface area contributed by atoms with Crippen molar-refractivity contribution in [1.82, 2.24) is 10.2 Å². The van der Waals surface area contributed by atoms with Crippen molar-refractivity contribution in [2.75, 3.05) is 14.1 Å². The molecule has 1 aliphatic carbocycles. The Hall–Kier alpha value is -1.55. The van der Waals surface area contributed by atoms with E-state index >= 15 is 0 Å². The van der Waals surface area contributed by atoms with Gasteiger partial charge in [0.15, 0.2) is 0 Å². The first-order chi connectivity index (χ1) is 12.5. The summed E-state index contributed by atoms with van der Waals surface area (Å²) < 4.78 is 0. The van der Waals surface area contributed by atoms with Crippen molar-refractivity contribution in [2.24, 2.45) is 0 Å². The van der Waals surface area contributed by atoms with Gasteiger partial charge in [-0.3, -0.25) is 4.79 Å². The highest BCUT2D eigenvalue weighted by Crippen LogP contribution is 2.43. The monoisotopic (exact) mass is 390 g/mol. The van der Waals surface area contributed by atoms with E-state index in [9.17, 15) is 4.79 Å². The zero-order valence-corrected chi connectivity index (χ0v) is 16.6. The van der Waals surface area contributed by atoms with E-state index in [2.05, 4.69) is 36.4 Å². The molecule has 1 fully saturated rings. The summed E-state index contributed by atoms with van der Waals surface area (Å²) in [5.41, 5.74) is 1.41. The maximum absolute atomic E-state index is 13.1. The van der Waals surface area contributed by atoms with Gasteiger partial charge in [0.2, 0.25) is 0 Å². The van der Waals surface area contributed by atoms with E-state index < -0.39 is 0 Å². The Kier molecular flexibility index (Phi) is 5.91. The molecule has 138 valence electrons. The number of carbonyl (C=O) groups excluding carboxylic acids is 1. The van der Waals surface area contributed by atoms with Crippen molar-refractivity contribution in [3.05, 3.63) is 69.7 Å². The normalized spacial score (nSPS) is 17.3. The predicted octanol–water partition coefficient (Wildman–Crippen LogP) is 5.34. The molecule has 1 N–H and O–H groups in total. The molecule has 1 amide bonds. The molecule has 0 radical (unpaired) electrons. The molecule has 26 heavy (non-hydrogen) atoms. The number of likely N-dealkylation sites (N-methyl/N-ethyl adjacent to an activating group) is 1. The van der Waals surface area contributed by atoms with Crippen LogP contribution in [0.3, 0.4) is 0 Å². The lowest BCUT2D eigenvalue weighted by molar-refractivity contribution is 0.0766. The summed E-state index contributed by atoms with van der Waals surface area (Å²) in [7, 11) is 4.19. The molecule has 0 spiro atoms. The Labute approximate surface area is 165 Å². The standard InChI is InChI=1S/C21H24Cl2N2O/c1-25(2)21(13-6-7-14-21)19(15-9-4-3-5-10-15)24-20(26)16-11-8-12-17(22)18(16)23/h3-5,8-12,19H,6-7,13-14H2,1-2H3,(H,24,26). The highest BCUT2D eigenvalue weighted by molar-refractivity contribution is 6.43. The first kappa shape index (κ1) is 19.2. The molecular weight excluding hydrogens is 367 g/mol. The number of benzene rings is 2. The number of hydrogen-bond donors (Lipinski definition) is 1. The summed E-state index contributed by atoms with van der Waals surface area (Å²) in [4.78, 5) is 15.3. The zero-order valence-electron chi connectivity index (χ0n) is 15.1. The lowest BCUT2D eigenvalue weighted by Crippen LogP contribution is -2.53. The maximum atomic E-state index is 13.1. The van der Waals surface area contributed by atoms with E-state index in [0.29, 0.717) is 15.6 Å². The Balaban J connectivity index is 1.99. The molecule has 0 heterocycles. The quantitative estimate of drug-likeness (QED) is 0.746. The Morgan fingerprint density at radius 1 is 1.04 bits per heavy atom. The summed E-state index contributed by atoms with van der Waals surface area (Å²) in [5, 5.41) is 3.94. The molecule has 5 heteroatoms. The predicted molar refractivity (Wildman–Crippen MR) is 108 cm³/mol. The van der Waals surface area contributed by atoms with E-state index in [1.54, 1.807) is 18.2 Å². The topological polar surface area (TPSA) is 32.3 Å². The van der Waals surface area contributed by atoms with Crippen molar-refractivity contribution in [1.29, 1.82) is 0 Å². The second kappa shape index (κ2) is 7.99. The van der Waals surface area contributed by atoms with Gasteiger partial charge in [0.1, 0.15) is 0 Å². The van der Waals surface area contributed by atoms with Gasteiger partial charge in [-0.1, -0.05) is 72.4 Å². The first-order valence-corrected chi connectivity index (χ1v) is 9.68. The van der Waals surface area contributed by atoms with Crippen LogP contribution in [0.4, 0.5) is 0 Å². The van der Waals surface area contributed by atoms with Crippen LogP contribution in [0.15, 0.2) is 48.5 Å². The number of hydrogen-bond acceptors (Lipinski definition) is 2. The number of nitrogens with zero attached hydrogens (tertiary/aromatic N) is 1. The van der Waals surface area contributed by atoms with Crippen molar-refractivity contribution in [3.63, 3.8) is 0 Å². The maximum Gasteiger partial charge on any atom is 0.253 e. The minimum absolute atomic E-state index is 0.109. The Morgan fingerprint density at radius 2 is 1.69 bits per heavy atom. The molecule has 0 aromatic heterocycles. The number of amides is 1. The third-order valence-electron chi connectivity index (χ3n) is 5.50. The highest BCUT2D eigenvalue weighted by Gasteiger charge is 2.44. The van der Waals surface area contributed by atoms with Gasteiger partial charge in [-0.25, -0.2) is 0 Å².